The molecule has 0 aliphatic heterocycles. The predicted octanol–water partition coefficient (Wildman–Crippen LogP) is 0.542. The van der Waals surface area contributed by atoms with Crippen molar-refractivity contribution in [3.05, 3.63) is 33.2 Å². The second kappa shape index (κ2) is 6.03. The number of aromatic amines is 1. The van der Waals surface area contributed by atoms with Crippen LogP contribution in [0.1, 0.15) is 29.1 Å². The van der Waals surface area contributed by atoms with Crippen LogP contribution in [0.4, 0.5) is 0 Å². The van der Waals surface area contributed by atoms with Crippen molar-refractivity contribution in [2.75, 3.05) is 0 Å². The fraction of sp³-hybridized carbons (Fsp3) is 0.200. The number of halogens is 1. The number of rotatable bonds is 5. The molecule has 112 valence electrons. The van der Waals surface area contributed by atoms with Gasteiger partial charge in [0.2, 0.25) is 10.0 Å². The number of carboxylic acid groups (broad SMARTS) is 1. The Morgan fingerprint density at radius 1 is 1.48 bits per heavy atom. The maximum absolute atomic E-state index is 12.2. The van der Waals surface area contributed by atoms with E-state index in [0.717, 1.165) is 6.07 Å². The number of hydrogen-bond acceptors (Lipinski definition) is 6. The Morgan fingerprint density at radius 3 is 2.76 bits per heavy atom. The van der Waals surface area contributed by atoms with Crippen molar-refractivity contribution >= 4 is 38.6 Å². The Morgan fingerprint density at radius 2 is 2.19 bits per heavy atom. The van der Waals surface area contributed by atoms with Gasteiger partial charge in [-0.15, -0.1) is 10.2 Å². The number of H-pyrrole nitrogens is 1. The number of hydrogen-bond donors (Lipinski definition) is 3. The summed E-state index contributed by atoms with van der Waals surface area (Å²) in [6.07, 6.45) is 0. The number of sulfonamides is 1. The Balaban J connectivity index is 2.32. The maximum Gasteiger partial charge on any atom is 0.336 e. The van der Waals surface area contributed by atoms with Crippen molar-refractivity contribution in [1.82, 2.24) is 25.3 Å². The minimum Gasteiger partial charge on any atom is -0.478 e. The highest BCUT2D eigenvalue weighted by molar-refractivity contribution is 14.1. The molecule has 0 radical (unpaired) electrons. The molecule has 2 aromatic rings. The first-order valence-corrected chi connectivity index (χ1v) is 8.16. The third-order valence-corrected chi connectivity index (χ3v) is 5.04. The summed E-state index contributed by atoms with van der Waals surface area (Å²) in [7, 11) is -3.90. The number of carboxylic acids is 1. The van der Waals surface area contributed by atoms with Crippen LogP contribution >= 0.6 is 22.6 Å². The lowest BCUT2D eigenvalue weighted by molar-refractivity contribution is 0.0695. The zero-order chi connectivity index (χ0) is 15.6. The van der Waals surface area contributed by atoms with Gasteiger partial charge in [0.1, 0.15) is 0 Å². The molecule has 0 amide bonds. The van der Waals surface area contributed by atoms with E-state index in [2.05, 4.69) is 25.3 Å². The molecule has 3 N–H and O–H groups in total. The third-order valence-electron chi connectivity index (χ3n) is 2.56. The van der Waals surface area contributed by atoms with Crippen LogP contribution in [0.5, 0.6) is 0 Å². The van der Waals surface area contributed by atoms with E-state index in [1.807, 2.05) is 22.6 Å². The van der Waals surface area contributed by atoms with Gasteiger partial charge in [-0.05, 0) is 47.7 Å². The van der Waals surface area contributed by atoms with Gasteiger partial charge in [0, 0.05) is 3.57 Å². The molecule has 1 heterocycles. The summed E-state index contributed by atoms with van der Waals surface area (Å²) >= 11 is 1.83. The molecule has 0 spiro atoms. The molecule has 0 aliphatic rings. The van der Waals surface area contributed by atoms with Gasteiger partial charge in [-0.2, -0.15) is 5.21 Å². The van der Waals surface area contributed by atoms with E-state index in [0.29, 0.717) is 3.57 Å². The third kappa shape index (κ3) is 3.54. The van der Waals surface area contributed by atoms with Crippen molar-refractivity contribution in [1.29, 1.82) is 0 Å². The van der Waals surface area contributed by atoms with Crippen LogP contribution in [-0.4, -0.2) is 40.1 Å². The van der Waals surface area contributed by atoms with Gasteiger partial charge in [0.25, 0.3) is 0 Å². The highest BCUT2D eigenvalue weighted by Gasteiger charge is 2.22. The summed E-state index contributed by atoms with van der Waals surface area (Å²) in [5.74, 6) is -1.01. The highest BCUT2D eigenvalue weighted by Crippen LogP contribution is 2.19. The van der Waals surface area contributed by atoms with Crippen molar-refractivity contribution in [2.24, 2.45) is 0 Å². The van der Waals surface area contributed by atoms with Crippen LogP contribution in [0.2, 0.25) is 0 Å². The summed E-state index contributed by atoms with van der Waals surface area (Å²) in [6.45, 7) is 1.55. The average Bonchev–Trinajstić information content (AvgIpc) is 2.92. The summed E-state index contributed by atoms with van der Waals surface area (Å²) in [4.78, 5) is 10.9. The van der Waals surface area contributed by atoms with Gasteiger partial charge in [0.05, 0.1) is 16.5 Å². The van der Waals surface area contributed by atoms with Gasteiger partial charge in [0.15, 0.2) is 5.82 Å². The number of carbonyl (C=O) groups is 1. The minimum absolute atomic E-state index is 0.0781. The molecule has 0 bridgehead atoms. The highest BCUT2D eigenvalue weighted by atomic mass is 127. The van der Waals surface area contributed by atoms with Crippen LogP contribution in [-0.2, 0) is 10.0 Å². The second-order valence-electron chi connectivity index (χ2n) is 4.06. The second-order valence-corrected chi connectivity index (χ2v) is 6.94. The summed E-state index contributed by atoms with van der Waals surface area (Å²) in [5, 5.41) is 22.0. The zero-order valence-electron chi connectivity index (χ0n) is 10.6. The Labute approximate surface area is 133 Å². The zero-order valence-corrected chi connectivity index (χ0v) is 13.6. The largest absolute Gasteiger partial charge is 0.478 e. The number of benzene rings is 1. The first-order chi connectivity index (χ1) is 9.81. The van der Waals surface area contributed by atoms with Gasteiger partial charge >= 0.3 is 5.97 Å². The van der Waals surface area contributed by atoms with Gasteiger partial charge < -0.3 is 5.11 Å². The Hall–Kier alpha value is -1.60. The van der Waals surface area contributed by atoms with E-state index in [9.17, 15) is 13.2 Å². The molecule has 1 atom stereocenters. The molecule has 9 nitrogen and oxygen atoms in total. The molecular formula is C10H10IN5O4S. The molecule has 0 saturated carbocycles. The Kier molecular flexibility index (Phi) is 4.53. The lowest BCUT2D eigenvalue weighted by Crippen LogP contribution is -2.28. The summed E-state index contributed by atoms with van der Waals surface area (Å²) in [6, 6.07) is 3.16. The molecule has 21 heavy (non-hydrogen) atoms. The van der Waals surface area contributed by atoms with E-state index in [1.165, 1.54) is 12.1 Å². The smallest absolute Gasteiger partial charge is 0.336 e. The number of tetrazole rings is 1. The van der Waals surface area contributed by atoms with Gasteiger partial charge in [-0.25, -0.2) is 17.9 Å². The fourth-order valence-electron chi connectivity index (χ4n) is 1.54. The molecule has 0 aliphatic carbocycles. The molecule has 1 aromatic heterocycles. The van der Waals surface area contributed by atoms with Crippen molar-refractivity contribution in [3.8, 4) is 0 Å². The molecule has 0 saturated heterocycles. The lowest BCUT2D eigenvalue weighted by atomic mass is 10.2. The van der Waals surface area contributed by atoms with Gasteiger partial charge in [-0.3, -0.25) is 0 Å². The van der Waals surface area contributed by atoms with E-state index in [-0.39, 0.29) is 16.3 Å². The maximum atomic E-state index is 12.2. The first-order valence-electron chi connectivity index (χ1n) is 5.60. The van der Waals surface area contributed by atoms with Crippen molar-refractivity contribution < 1.29 is 18.3 Å². The van der Waals surface area contributed by atoms with E-state index in [4.69, 9.17) is 5.11 Å². The number of nitrogens with zero attached hydrogens (tertiary/aromatic N) is 3. The number of aromatic carboxylic acids is 1. The molecular weight excluding hydrogens is 413 g/mol. The molecule has 0 fully saturated rings. The quantitative estimate of drug-likeness (QED) is 0.597. The van der Waals surface area contributed by atoms with Crippen molar-refractivity contribution in [3.63, 3.8) is 0 Å². The molecule has 2 rings (SSSR count). The predicted molar refractivity (Wildman–Crippen MR) is 79.0 cm³/mol. The number of aromatic nitrogens is 4. The van der Waals surface area contributed by atoms with Gasteiger partial charge in [-0.1, -0.05) is 5.21 Å². The van der Waals surface area contributed by atoms with E-state index < -0.39 is 22.0 Å². The minimum atomic E-state index is -3.90. The van der Waals surface area contributed by atoms with Crippen molar-refractivity contribution in [2.45, 2.75) is 17.9 Å². The molecule has 1 unspecified atom stereocenters. The van der Waals surface area contributed by atoms with E-state index >= 15 is 0 Å². The lowest BCUT2D eigenvalue weighted by Gasteiger charge is -2.11. The number of nitrogens with one attached hydrogen (secondary N) is 2. The van der Waals surface area contributed by atoms with Crippen LogP contribution < -0.4 is 4.72 Å². The molecule has 11 heteroatoms. The monoisotopic (exact) mass is 423 g/mol. The standard InChI is InChI=1S/C10H10IN5O4S/c1-5(9-12-15-16-13-9)14-21(19,20)6-2-3-8(11)7(4-6)10(17)18/h2-5,14H,1H3,(H,17,18)(H,12,13,15,16). The normalized spacial score (nSPS) is 13.0. The van der Waals surface area contributed by atoms with Crippen LogP contribution in [0.3, 0.4) is 0 Å². The fourth-order valence-corrected chi connectivity index (χ4v) is 3.34. The van der Waals surface area contributed by atoms with Crippen LogP contribution in [0.15, 0.2) is 23.1 Å². The van der Waals surface area contributed by atoms with Crippen LogP contribution in [0.25, 0.3) is 0 Å². The SMILES string of the molecule is CC(NS(=O)(=O)c1ccc(I)c(C(=O)O)c1)c1nn[nH]n1. The topological polar surface area (TPSA) is 138 Å². The van der Waals surface area contributed by atoms with E-state index in [1.54, 1.807) is 6.92 Å². The van der Waals surface area contributed by atoms with Crippen LogP contribution in [0, 0.1) is 3.57 Å². The first kappa shape index (κ1) is 15.8. The summed E-state index contributed by atoms with van der Waals surface area (Å²) in [5.41, 5.74) is -0.0781. The molecule has 1 aromatic carbocycles. The Bertz CT molecular complexity index is 762. The summed E-state index contributed by atoms with van der Waals surface area (Å²) < 4.78 is 27.3. The average molecular weight is 423 g/mol.